The number of methoxy groups -OCH3 is 3. The number of hydrogen-bond donors (Lipinski definition) is 1. The van der Waals surface area contributed by atoms with E-state index in [1.54, 1.807) is 40.2 Å². The maximum absolute atomic E-state index is 12.9. The van der Waals surface area contributed by atoms with Crippen LogP contribution in [-0.4, -0.2) is 39.2 Å². The number of aromatic hydroxyl groups is 1. The first-order valence-electron chi connectivity index (χ1n) is 11.6. The number of carbonyl (C=O) groups excluding carboxylic acids is 1. The molecule has 2 aromatic rings. The minimum atomic E-state index is -0.659. The van der Waals surface area contributed by atoms with Crippen molar-refractivity contribution in [2.75, 3.05) is 28.1 Å². The first-order chi connectivity index (χ1) is 16.8. The van der Waals surface area contributed by atoms with Crippen LogP contribution < -0.4 is 23.7 Å². The highest BCUT2D eigenvalue weighted by molar-refractivity contribution is 5.90. The van der Waals surface area contributed by atoms with Crippen molar-refractivity contribution in [3.05, 3.63) is 34.9 Å². The second kappa shape index (κ2) is 9.60. The van der Waals surface area contributed by atoms with Gasteiger partial charge in [-0.2, -0.15) is 0 Å². The first kappa shape index (κ1) is 24.6. The minimum absolute atomic E-state index is 0.0181. The number of rotatable bonds is 5. The number of allylic oxidation sites excluding steroid dienone is 1. The maximum Gasteiger partial charge on any atom is 0.333 e. The summed E-state index contributed by atoms with van der Waals surface area (Å²) in [6.45, 7) is 7.64. The Labute approximate surface area is 205 Å². The van der Waals surface area contributed by atoms with Crippen molar-refractivity contribution < 1.29 is 38.3 Å². The molecule has 4 rings (SSSR count). The van der Waals surface area contributed by atoms with E-state index in [0.29, 0.717) is 51.7 Å². The van der Waals surface area contributed by atoms with Gasteiger partial charge in [-0.25, -0.2) is 4.79 Å². The lowest BCUT2D eigenvalue weighted by Crippen LogP contribution is -2.26. The highest BCUT2D eigenvalue weighted by Gasteiger charge is 2.39. The van der Waals surface area contributed by atoms with Crippen molar-refractivity contribution in [3.63, 3.8) is 0 Å². The van der Waals surface area contributed by atoms with Crippen LogP contribution in [0, 0.1) is 11.8 Å². The van der Waals surface area contributed by atoms with Crippen molar-refractivity contribution in [2.45, 2.75) is 40.2 Å². The van der Waals surface area contributed by atoms with E-state index in [4.69, 9.17) is 28.4 Å². The summed E-state index contributed by atoms with van der Waals surface area (Å²) >= 11 is 0. The average Bonchev–Trinajstić information content (AvgIpc) is 3.34. The molecule has 1 heterocycles. The number of phenolic OH excluding ortho intramolecular Hbond substituents is 1. The van der Waals surface area contributed by atoms with Crippen LogP contribution in [0.5, 0.6) is 34.5 Å². The zero-order chi connectivity index (χ0) is 25.4. The van der Waals surface area contributed by atoms with Crippen molar-refractivity contribution >= 4 is 5.97 Å². The largest absolute Gasteiger partial charge is 0.504 e. The number of esters is 1. The third kappa shape index (κ3) is 4.00. The Kier molecular flexibility index (Phi) is 6.74. The average molecular weight is 485 g/mol. The summed E-state index contributed by atoms with van der Waals surface area (Å²) in [5.41, 5.74) is 3.11. The number of ether oxygens (including phenoxy) is 6. The third-order valence-corrected chi connectivity index (χ3v) is 7.04. The van der Waals surface area contributed by atoms with Crippen LogP contribution in [0.15, 0.2) is 23.8 Å². The molecule has 1 aliphatic heterocycles. The molecule has 1 aliphatic carbocycles. The second-order valence-electron chi connectivity index (χ2n) is 8.94. The van der Waals surface area contributed by atoms with E-state index < -0.39 is 12.1 Å². The van der Waals surface area contributed by atoms with E-state index >= 15 is 0 Å². The summed E-state index contributed by atoms with van der Waals surface area (Å²) < 4.78 is 34.4. The van der Waals surface area contributed by atoms with Gasteiger partial charge in [0.05, 0.1) is 21.3 Å². The Balaban J connectivity index is 2.09. The molecule has 0 radical (unpaired) electrons. The van der Waals surface area contributed by atoms with E-state index in [9.17, 15) is 9.90 Å². The normalized spacial score (nSPS) is 20.8. The van der Waals surface area contributed by atoms with Crippen LogP contribution >= 0.6 is 0 Å². The summed E-state index contributed by atoms with van der Waals surface area (Å²) in [6.07, 6.45) is 1.68. The van der Waals surface area contributed by atoms with Gasteiger partial charge < -0.3 is 33.5 Å². The van der Waals surface area contributed by atoms with Crippen LogP contribution in [0.25, 0.3) is 11.1 Å². The van der Waals surface area contributed by atoms with Gasteiger partial charge in [0.1, 0.15) is 6.10 Å². The van der Waals surface area contributed by atoms with Gasteiger partial charge in [0, 0.05) is 28.2 Å². The molecular weight excluding hydrogens is 452 g/mol. The molecule has 0 aromatic heterocycles. The highest BCUT2D eigenvalue weighted by atomic mass is 16.7. The second-order valence-corrected chi connectivity index (χ2v) is 8.94. The molecule has 2 aliphatic rings. The van der Waals surface area contributed by atoms with Crippen molar-refractivity contribution in [1.82, 2.24) is 0 Å². The van der Waals surface area contributed by atoms with E-state index in [-0.39, 0.29) is 30.1 Å². The Morgan fingerprint density at radius 1 is 1.06 bits per heavy atom. The molecule has 1 N–H and O–H groups in total. The van der Waals surface area contributed by atoms with E-state index in [1.165, 1.54) is 7.11 Å². The van der Waals surface area contributed by atoms with Crippen LogP contribution in [0.1, 0.15) is 44.9 Å². The molecular formula is C27H32O8. The van der Waals surface area contributed by atoms with Gasteiger partial charge in [-0.05, 0) is 43.9 Å². The first-order valence-corrected chi connectivity index (χ1v) is 11.6. The number of benzene rings is 2. The van der Waals surface area contributed by atoms with E-state index in [2.05, 4.69) is 6.92 Å². The maximum atomic E-state index is 12.9. The Morgan fingerprint density at radius 2 is 1.77 bits per heavy atom. The Hall–Kier alpha value is -3.55. The van der Waals surface area contributed by atoms with Gasteiger partial charge in [0.25, 0.3) is 0 Å². The summed E-state index contributed by atoms with van der Waals surface area (Å²) in [5.74, 6) is 1.46. The summed E-state index contributed by atoms with van der Waals surface area (Å²) in [4.78, 5) is 12.9. The molecule has 0 amide bonds. The van der Waals surface area contributed by atoms with Gasteiger partial charge in [0.2, 0.25) is 18.3 Å². The molecule has 188 valence electrons. The SMILES string of the molecule is C/C=C(\C)C(=O)O[C@H]1c2cc3c(c(O)c2-c2c(cc(OC)c(OC)c2OC)C[C@@H](C)[C@H]1C)OCO3. The van der Waals surface area contributed by atoms with Crippen molar-refractivity contribution in [3.8, 4) is 45.6 Å². The number of fused-ring (bicyclic) bond motifs is 4. The zero-order valence-electron chi connectivity index (χ0n) is 21.2. The standard InChI is InChI=1S/C27H32O8/c1-8-13(2)27(29)35-23-15(4)14(3)9-16-10-18(30-5)25(31-6)26(32-7)20(16)21-17(23)11-19-24(22(21)28)34-12-33-19/h8,10-11,14-15,23,28H,9,12H2,1-7H3/b13-8+/t14-,15-,23-/m1/s1. The van der Waals surface area contributed by atoms with E-state index in [1.807, 2.05) is 13.0 Å². The lowest BCUT2D eigenvalue weighted by Gasteiger charge is -2.35. The summed E-state index contributed by atoms with van der Waals surface area (Å²) in [5, 5.41) is 11.5. The predicted molar refractivity (Wildman–Crippen MR) is 130 cm³/mol. The lowest BCUT2D eigenvalue weighted by molar-refractivity contribution is -0.148. The third-order valence-electron chi connectivity index (χ3n) is 7.04. The van der Waals surface area contributed by atoms with Gasteiger partial charge in [-0.3, -0.25) is 0 Å². The lowest BCUT2D eigenvalue weighted by atomic mass is 9.76. The van der Waals surface area contributed by atoms with Gasteiger partial charge in [0.15, 0.2) is 23.0 Å². The Morgan fingerprint density at radius 3 is 2.40 bits per heavy atom. The fourth-order valence-corrected chi connectivity index (χ4v) is 4.78. The van der Waals surface area contributed by atoms with Gasteiger partial charge in [-0.1, -0.05) is 19.9 Å². The quantitative estimate of drug-likeness (QED) is 0.458. The summed E-state index contributed by atoms with van der Waals surface area (Å²) in [6, 6.07) is 3.69. The van der Waals surface area contributed by atoms with Gasteiger partial charge >= 0.3 is 5.97 Å². The molecule has 8 heteroatoms. The topological polar surface area (TPSA) is 92.7 Å². The molecule has 3 atom stereocenters. The monoisotopic (exact) mass is 484 g/mol. The highest BCUT2D eigenvalue weighted by Crippen LogP contribution is 2.58. The summed E-state index contributed by atoms with van der Waals surface area (Å²) in [7, 11) is 4.64. The van der Waals surface area contributed by atoms with Crippen LogP contribution in [0.3, 0.4) is 0 Å². The zero-order valence-corrected chi connectivity index (χ0v) is 21.2. The number of carbonyl (C=O) groups is 1. The fraction of sp³-hybridized carbons (Fsp3) is 0.444. The Bertz CT molecular complexity index is 1180. The molecule has 35 heavy (non-hydrogen) atoms. The predicted octanol–water partition coefficient (Wildman–Crippen LogP) is 5.19. The van der Waals surface area contributed by atoms with Crippen LogP contribution in [-0.2, 0) is 16.0 Å². The van der Waals surface area contributed by atoms with Crippen molar-refractivity contribution in [2.24, 2.45) is 11.8 Å². The molecule has 2 aromatic carbocycles. The number of phenols is 1. The van der Waals surface area contributed by atoms with Gasteiger partial charge in [-0.15, -0.1) is 0 Å². The van der Waals surface area contributed by atoms with Crippen LogP contribution in [0.4, 0.5) is 0 Å². The fourth-order valence-electron chi connectivity index (χ4n) is 4.78. The molecule has 0 spiro atoms. The molecule has 0 unspecified atom stereocenters. The number of hydrogen-bond acceptors (Lipinski definition) is 8. The molecule has 0 fully saturated rings. The minimum Gasteiger partial charge on any atom is -0.504 e. The van der Waals surface area contributed by atoms with Crippen LogP contribution in [0.2, 0.25) is 0 Å². The molecule has 0 saturated carbocycles. The molecule has 0 saturated heterocycles. The molecule has 8 nitrogen and oxygen atoms in total. The molecule has 0 bridgehead atoms. The smallest absolute Gasteiger partial charge is 0.333 e. The van der Waals surface area contributed by atoms with E-state index in [0.717, 1.165) is 5.56 Å². The van der Waals surface area contributed by atoms with Crippen molar-refractivity contribution in [1.29, 1.82) is 0 Å².